The molecule has 1 aromatic rings. The Bertz CT molecular complexity index is 440. The molecule has 0 aliphatic heterocycles. The van der Waals surface area contributed by atoms with Gasteiger partial charge in [0, 0.05) is 13.5 Å². The molecule has 98 valence electrons. The molecule has 0 unspecified atom stereocenters. The van der Waals surface area contributed by atoms with Crippen molar-refractivity contribution in [2.24, 2.45) is 0 Å². The van der Waals surface area contributed by atoms with Crippen LogP contribution in [0.25, 0.3) is 0 Å². The molecular formula is C12H14O6. The molecule has 0 fully saturated rings. The van der Waals surface area contributed by atoms with Gasteiger partial charge in [-0.05, 0) is 17.7 Å². The van der Waals surface area contributed by atoms with E-state index >= 15 is 0 Å². The van der Waals surface area contributed by atoms with Crippen molar-refractivity contribution in [3.05, 3.63) is 29.8 Å². The standard InChI is InChI=1S/C12H14O6/c1-17-9-5-3-4-8(6-9)7-12(18-2,10(13)14)11(15)16/h3-6H,7H2,1-2H3,(H,13,14)(H,15,16). The van der Waals surface area contributed by atoms with Gasteiger partial charge >= 0.3 is 11.9 Å². The number of methoxy groups -OCH3 is 2. The van der Waals surface area contributed by atoms with Gasteiger partial charge in [-0.15, -0.1) is 0 Å². The van der Waals surface area contributed by atoms with Crippen LogP contribution in [0.2, 0.25) is 0 Å². The van der Waals surface area contributed by atoms with Crippen LogP contribution in [0.4, 0.5) is 0 Å². The summed E-state index contributed by atoms with van der Waals surface area (Å²) < 4.78 is 9.69. The first-order valence-corrected chi connectivity index (χ1v) is 5.11. The van der Waals surface area contributed by atoms with Gasteiger partial charge in [0.25, 0.3) is 5.60 Å². The van der Waals surface area contributed by atoms with Gasteiger partial charge in [0.1, 0.15) is 5.75 Å². The van der Waals surface area contributed by atoms with E-state index in [1.807, 2.05) is 0 Å². The molecule has 1 rings (SSSR count). The third kappa shape index (κ3) is 2.60. The summed E-state index contributed by atoms with van der Waals surface area (Å²) in [6.07, 6.45) is -0.286. The summed E-state index contributed by atoms with van der Waals surface area (Å²) in [5.41, 5.74) is -1.78. The van der Waals surface area contributed by atoms with Crippen LogP contribution >= 0.6 is 0 Å². The highest BCUT2D eigenvalue weighted by Gasteiger charge is 2.47. The first kappa shape index (κ1) is 14.0. The third-order valence-electron chi connectivity index (χ3n) is 2.63. The summed E-state index contributed by atoms with van der Waals surface area (Å²) in [6, 6.07) is 6.51. The summed E-state index contributed by atoms with van der Waals surface area (Å²) >= 11 is 0. The number of carbonyl (C=O) groups is 2. The van der Waals surface area contributed by atoms with E-state index in [9.17, 15) is 9.59 Å². The molecule has 0 saturated carbocycles. The van der Waals surface area contributed by atoms with E-state index in [4.69, 9.17) is 19.7 Å². The van der Waals surface area contributed by atoms with Crippen molar-refractivity contribution in [2.45, 2.75) is 12.0 Å². The Morgan fingerprint density at radius 1 is 1.22 bits per heavy atom. The van der Waals surface area contributed by atoms with Crippen molar-refractivity contribution in [1.29, 1.82) is 0 Å². The molecular weight excluding hydrogens is 240 g/mol. The Hall–Kier alpha value is -2.08. The van der Waals surface area contributed by atoms with Gasteiger partial charge in [-0.1, -0.05) is 12.1 Å². The summed E-state index contributed by atoms with van der Waals surface area (Å²) in [4.78, 5) is 22.2. The number of carboxylic acids is 2. The van der Waals surface area contributed by atoms with Crippen LogP contribution in [-0.2, 0) is 20.7 Å². The van der Waals surface area contributed by atoms with Crippen molar-refractivity contribution in [2.75, 3.05) is 14.2 Å². The van der Waals surface area contributed by atoms with E-state index in [0.29, 0.717) is 11.3 Å². The molecule has 0 aromatic heterocycles. The summed E-state index contributed by atoms with van der Waals surface area (Å²) in [5.74, 6) is -2.56. The quantitative estimate of drug-likeness (QED) is 0.729. The van der Waals surface area contributed by atoms with Crippen molar-refractivity contribution < 1.29 is 29.3 Å². The van der Waals surface area contributed by atoms with E-state index in [1.165, 1.54) is 7.11 Å². The normalized spacial score (nSPS) is 11.0. The van der Waals surface area contributed by atoms with Crippen molar-refractivity contribution in [3.8, 4) is 5.75 Å². The van der Waals surface area contributed by atoms with Gasteiger partial charge in [-0.25, -0.2) is 9.59 Å². The maximum Gasteiger partial charge on any atom is 0.348 e. The molecule has 0 heterocycles. The third-order valence-corrected chi connectivity index (χ3v) is 2.63. The maximum absolute atomic E-state index is 11.1. The molecule has 2 N–H and O–H groups in total. The van der Waals surface area contributed by atoms with Gasteiger partial charge in [-0.2, -0.15) is 0 Å². The molecule has 6 nitrogen and oxygen atoms in total. The van der Waals surface area contributed by atoms with Gasteiger partial charge in [0.15, 0.2) is 0 Å². The average Bonchev–Trinajstić information content (AvgIpc) is 2.35. The van der Waals surface area contributed by atoms with Crippen LogP contribution in [-0.4, -0.2) is 42.0 Å². The monoisotopic (exact) mass is 254 g/mol. The molecule has 0 amide bonds. The van der Waals surface area contributed by atoms with Crippen LogP contribution in [0.5, 0.6) is 5.75 Å². The topological polar surface area (TPSA) is 93.1 Å². The highest BCUT2D eigenvalue weighted by Crippen LogP contribution is 2.21. The molecule has 6 heteroatoms. The van der Waals surface area contributed by atoms with Gasteiger partial charge in [0.2, 0.25) is 0 Å². The number of benzene rings is 1. The lowest BCUT2D eigenvalue weighted by Gasteiger charge is -2.23. The number of hydrogen-bond acceptors (Lipinski definition) is 4. The SMILES string of the molecule is COc1cccc(CC(OC)(C(=O)O)C(=O)O)c1. The van der Waals surface area contributed by atoms with Crippen LogP contribution in [0, 0.1) is 0 Å². The summed E-state index contributed by atoms with van der Waals surface area (Å²) in [6.45, 7) is 0. The van der Waals surface area contributed by atoms with E-state index in [2.05, 4.69) is 0 Å². The van der Waals surface area contributed by atoms with Crippen molar-refractivity contribution in [3.63, 3.8) is 0 Å². The smallest absolute Gasteiger partial charge is 0.348 e. The van der Waals surface area contributed by atoms with Crippen molar-refractivity contribution in [1.82, 2.24) is 0 Å². The average molecular weight is 254 g/mol. The number of aliphatic carboxylic acids is 2. The van der Waals surface area contributed by atoms with E-state index < -0.39 is 17.5 Å². The van der Waals surface area contributed by atoms with Gasteiger partial charge in [0.05, 0.1) is 7.11 Å². The summed E-state index contributed by atoms with van der Waals surface area (Å²) in [5, 5.41) is 18.1. The zero-order valence-electron chi connectivity index (χ0n) is 10.0. The molecule has 0 atom stereocenters. The van der Waals surface area contributed by atoms with Crippen LogP contribution < -0.4 is 4.74 Å². The number of carboxylic acid groups (broad SMARTS) is 2. The second kappa shape index (κ2) is 5.50. The number of hydrogen-bond donors (Lipinski definition) is 2. The number of rotatable bonds is 6. The van der Waals surface area contributed by atoms with Crippen LogP contribution in [0.15, 0.2) is 24.3 Å². The largest absolute Gasteiger partial charge is 0.497 e. The second-order valence-electron chi connectivity index (χ2n) is 3.67. The predicted molar refractivity (Wildman–Crippen MR) is 61.7 cm³/mol. The van der Waals surface area contributed by atoms with Crippen LogP contribution in [0.3, 0.4) is 0 Å². The molecule has 0 radical (unpaired) electrons. The Morgan fingerprint density at radius 3 is 2.28 bits per heavy atom. The Balaban J connectivity index is 3.10. The van der Waals surface area contributed by atoms with Gasteiger partial charge < -0.3 is 19.7 Å². The fourth-order valence-electron chi connectivity index (χ4n) is 1.56. The summed E-state index contributed by atoms with van der Waals surface area (Å²) in [7, 11) is 2.53. The maximum atomic E-state index is 11.1. The first-order valence-electron chi connectivity index (χ1n) is 5.11. The first-order chi connectivity index (χ1) is 8.46. The van der Waals surface area contributed by atoms with E-state index in [0.717, 1.165) is 7.11 Å². The Morgan fingerprint density at radius 2 is 1.83 bits per heavy atom. The molecule has 0 bridgehead atoms. The molecule has 0 aliphatic carbocycles. The minimum absolute atomic E-state index is 0.286. The molecule has 0 saturated heterocycles. The lowest BCUT2D eigenvalue weighted by molar-refractivity contribution is -0.179. The van der Waals surface area contributed by atoms with Crippen LogP contribution in [0.1, 0.15) is 5.56 Å². The minimum atomic E-state index is -2.29. The van der Waals surface area contributed by atoms with E-state index in [-0.39, 0.29) is 6.42 Å². The molecule has 0 aliphatic rings. The zero-order chi connectivity index (χ0) is 13.8. The second-order valence-corrected chi connectivity index (χ2v) is 3.67. The molecule has 0 spiro atoms. The fourth-order valence-corrected chi connectivity index (χ4v) is 1.56. The predicted octanol–water partition coefficient (Wildman–Crippen LogP) is 0.792. The Kier molecular flexibility index (Phi) is 4.28. The highest BCUT2D eigenvalue weighted by molar-refractivity contribution is 6.02. The molecule has 1 aromatic carbocycles. The Labute approximate surface area is 104 Å². The lowest BCUT2D eigenvalue weighted by atomic mass is 9.94. The van der Waals surface area contributed by atoms with E-state index in [1.54, 1.807) is 24.3 Å². The van der Waals surface area contributed by atoms with Gasteiger partial charge in [-0.3, -0.25) is 0 Å². The lowest BCUT2D eigenvalue weighted by Crippen LogP contribution is -2.50. The highest BCUT2D eigenvalue weighted by atomic mass is 16.5. The zero-order valence-corrected chi connectivity index (χ0v) is 10.0. The van der Waals surface area contributed by atoms with Crippen molar-refractivity contribution >= 4 is 11.9 Å². The minimum Gasteiger partial charge on any atom is -0.497 e. The number of ether oxygens (including phenoxy) is 2. The fraction of sp³-hybridized carbons (Fsp3) is 0.333. The molecule has 18 heavy (non-hydrogen) atoms.